The minimum Gasteiger partial charge on any atom is -0.469 e. The number of carbonyl (C=O) groups excluding carboxylic acids is 2. The van der Waals surface area contributed by atoms with E-state index >= 15 is 0 Å². The highest BCUT2D eigenvalue weighted by Gasteiger charge is 2.17. The van der Waals surface area contributed by atoms with Crippen LogP contribution >= 0.6 is 0 Å². The highest BCUT2D eigenvalue weighted by molar-refractivity contribution is 5.91. The molecule has 0 unspecified atom stereocenters. The van der Waals surface area contributed by atoms with E-state index in [0.717, 1.165) is 42.6 Å². The number of hydrogen-bond acceptors (Lipinski definition) is 5. The van der Waals surface area contributed by atoms with E-state index in [2.05, 4.69) is 20.4 Å². The lowest BCUT2D eigenvalue weighted by atomic mass is 9.96. The molecule has 7 heteroatoms. The Bertz CT molecular complexity index is 827. The van der Waals surface area contributed by atoms with Gasteiger partial charge in [0, 0.05) is 24.1 Å². The van der Waals surface area contributed by atoms with Gasteiger partial charge in [-0.25, -0.2) is 4.68 Å². The fourth-order valence-corrected chi connectivity index (χ4v) is 3.92. The predicted molar refractivity (Wildman–Crippen MR) is 116 cm³/mol. The summed E-state index contributed by atoms with van der Waals surface area (Å²) in [6, 6.07) is 8.21. The number of rotatable bonds is 10. The van der Waals surface area contributed by atoms with Crippen LogP contribution in [0.2, 0.25) is 0 Å². The van der Waals surface area contributed by atoms with Crippen LogP contribution < -0.4 is 5.32 Å². The minimum atomic E-state index is -0.175. The van der Waals surface area contributed by atoms with Gasteiger partial charge in [0.1, 0.15) is 5.69 Å². The van der Waals surface area contributed by atoms with Gasteiger partial charge in [-0.05, 0) is 37.8 Å². The van der Waals surface area contributed by atoms with Gasteiger partial charge in [-0.3, -0.25) is 9.59 Å². The second-order valence-electron chi connectivity index (χ2n) is 7.99. The Morgan fingerprint density at radius 3 is 2.63 bits per heavy atom. The number of methoxy groups -OCH3 is 1. The molecule has 30 heavy (non-hydrogen) atoms. The van der Waals surface area contributed by atoms with Gasteiger partial charge in [-0.2, -0.15) is 0 Å². The number of benzene rings is 1. The standard InChI is InChI=1S/C23H32N4O3/c1-30-23(29)15-8-3-2-7-14-22(28)24-19-11-9-10-18(16-19)21-17-27(26-25-21)20-12-5-4-6-13-20/h9-11,16-17,20H,2-8,12-15H2,1H3,(H,24,28). The fourth-order valence-electron chi connectivity index (χ4n) is 3.92. The number of esters is 1. The highest BCUT2D eigenvalue weighted by atomic mass is 16.5. The largest absolute Gasteiger partial charge is 0.469 e. The zero-order valence-corrected chi connectivity index (χ0v) is 17.8. The van der Waals surface area contributed by atoms with Crippen molar-refractivity contribution >= 4 is 17.6 Å². The molecule has 1 saturated carbocycles. The van der Waals surface area contributed by atoms with E-state index in [1.807, 2.05) is 35.1 Å². The Hall–Kier alpha value is -2.70. The van der Waals surface area contributed by atoms with Crippen molar-refractivity contribution in [2.45, 2.75) is 76.7 Å². The smallest absolute Gasteiger partial charge is 0.305 e. The third-order valence-corrected chi connectivity index (χ3v) is 5.66. The van der Waals surface area contributed by atoms with E-state index in [0.29, 0.717) is 18.9 Å². The number of carbonyl (C=O) groups is 2. The minimum absolute atomic E-state index is 0.00554. The van der Waals surface area contributed by atoms with Crippen molar-refractivity contribution in [1.29, 1.82) is 0 Å². The van der Waals surface area contributed by atoms with Gasteiger partial charge < -0.3 is 10.1 Å². The first-order valence-corrected chi connectivity index (χ1v) is 11.0. The van der Waals surface area contributed by atoms with Gasteiger partial charge in [0.15, 0.2) is 0 Å². The summed E-state index contributed by atoms with van der Waals surface area (Å²) in [5.41, 5.74) is 2.57. The summed E-state index contributed by atoms with van der Waals surface area (Å²) >= 11 is 0. The van der Waals surface area contributed by atoms with E-state index in [1.54, 1.807) is 0 Å². The molecule has 1 aliphatic rings. The molecule has 7 nitrogen and oxygen atoms in total. The number of ether oxygens (including phenoxy) is 1. The summed E-state index contributed by atoms with van der Waals surface area (Å²) in [5.74, 6) is -0.169. The number of nitrogens with one attached hydrogen (secondary N) is 1. The average Bonchev–Trinajstić information content (AvgIpc) is 3.27. The van der Waals surface area contributed by atoms with Crippen LogP contribution in [0, 0.1) is 0 Å². The Kier molecular flexibility index (Phi) is 8.41. The van der Waals surface area contributed by atoms with Crippen LogP contribution in [0.5, 0.6) is 0 Å². The second-order valence-corrected chi connectivity index (χ2v) is 7.99. The lowest BCUT2D eigenvalue weighted by Crippen LogP contribution is -2.13. The van der Waals surface area contributed by atoms with Gasteiger partial charge in [-0.1, -0.05) is 49.5 Å². The third-order valence-electron chi connectivity index (χ3n) is 5.66. The zero-order valence-electron chi connectivity index (χ0n) is 17.8. The van der Waals surface area contributed by atoms with Crippen molar-refractivity contribution in [2.24, 2.45) is 0 Å². The molecular weight excluding hydrogens is 380 g/mol. The molecule has 1 amide bonds. The number of amides is 1. The van der Waals surface area contributed by atoms with Crippen molar-refractivity contribution in [3.63, 3.8) is 0 Å². The Morgan fingerprint density at radius 1 is 1.10 bits per heavy atom. The summed E-state index contributed by atoms with van der Waals surface area (Å²) in [6.45, 7) is 0. The first-order chi connectivity index (χ1) is 14.7. The third kappa shape index (κ3) is 6.68. The van der Waals surface area contributed by atoms with E-state index < -0.39 is 0 Å². The molecule has 0 aliphatic heterocycles. The second kappa shape index (κ2) is 11.5. The monoisotopic (exact) mass is 412 g/mol. The molecule has 0 atom stereocenters. The number of anilines is 1. The molecule has 1 heterocycles. The molecule has 162 valence electrons. The van der Waals surface area contributed by atoms with Gasteiger partial charge in [0.2, 0.25) is 5.91 Å². The fraction of sp³-hybridized carbons (Fsp3) is 0.565. The Morgan fingerprint density at radius 2 is 1.87 bits per heavy atom. The first kappa shape index (κ1) is 22.0. The van der Waals surface area contributed by atoms with Crippen molar-refractivity contribution in [3.8, 4) is 11.3 Å². The van der Waals surface area contributed by atoms with Crippen LogP contribution in [0.25, 0.3) is 11.3 Å². The molecule has 3 rings (SSSR count). The van der Waals surface area contributed by atoms with Crippen LogP contribution in [-0.4, -0.2) is 34.0 Å². The highest BCUT2D eigenvalue weighted by Crippen LogP contribution is 2.29. The molecule has 1 aromatic heterocycles. The molecule has 1 fully saturated rings. The van der Waals surface area contributed by atoms with E-state index in [-0.39, 0.29) is 11.9 Å². The zero-order chi connectivity index (χ0) is 21.2. The average molecular weight is 413 g/mol. The number of aromatic nitrogens is 3. The van der Waals surface area contributed by atoms with E-state index in [1.165, 1.54) is 39.2 Å². The molecular formula is C23H32N4O3. The summed E-state index contributed by atoms with van der Waals surface area (Å²) in [5, 5.41) is 11.7. The van der Waals surface area contributed by atoms with Gasteiger partial charge in [-0.15, -0.1) is 5.10 Å². The molecule has 1 aromatic carbocycles. The van der Waals surface area contributed by atoms with E-state index in [9.17, 15) is 9.59 Å². The van der Waals surface area contributed by atoms with E-state index in [4.69, 9.17) is 0 Å². The van der Waals surface area contributed by atoms with Crippen molar-refractivity contribution in [3.05, 3.63) is 30.5 Å². The molecule has 0 spiro atoms. The maximum absolute atomic E-state index is 12.2. The topological polar surface area (TPSA) is 86.1 Å². The predicted octanol–water partition coefficient (Wildman–Crippen LogP) is 4.90. The number of nitrogens with zero attached hydrogens (tertiary/aromatic N) is 3. The molecule has 0 saturated heterocycles. The van der Waals surface area contributed by atoms with Crippen molar-refractivity contribution < 1.29 is 14.3 Å². The summed E-state index contributed by atoms with van der Waals surface area (Å²) in [7, 11) is 1.40. The molecule has 0 radical (unpaired) electrons. The summed E-state index contributed by atoms with van der Waals surface area (Å²) < 4.78 is 6.62. The van der Waals surface area contributed by atoms with Gasteiger partial charge >= 0.3 is 5.97 Å². The molecule has 0 bridgehead atoms. The van der Waals surface area contributed by atoms with Crippen LogP contribution in [0.1, 0.15) is 76.7 Å². The quantitative estimate of drug-likeness (QED) is 0.443. The maximum Gasteiger partial charge on any atom is 0.305 e. The van der Waals surface area contributed by atoms with Gasteiger partial charge in [0.05, 0.1) is 19.3 Å². The molecule has 1 aliphatic carbocycles. The number of unbranched alkanes of at least 4 members (excludes halogenated alkanes) is 3. The van der Waals surface area contributed by atoms with Crippen LogP contribution in [-0.2, 0) is 14.3 Å². The maximum atomic E-state index is 12.2. The van der Waals surface area contributed by atoms with Crippen LogP contribution in [0.4, 0.5) is 5.69 Å². The van der Waals surface area contributed by atoms with Gasteiger partial charge in [0.25, 0.3) is 0 Å². The Labute approximate surface area is 178 Å². The van der Waals surface area contributed by atoms with Crippen LogP contribution in [0.3, 0.4) is 0 Å². The SMILES string of the molecule is COC(=O)CCCCCCC(=O)Nc1cccc(-c2cn(C3CCCCC3)nn2)c1. The lowest BCUT2D eigenvalue weighted by molar-refractivity contribution is -0.140. The summed E-state index contributed by atoms with van der Waals surface area (Å²) in [6.07, 6.45) is 12.6. The van der Waals surface area contributed by atoms with Crippen molar-refractivity contribution in [2.75, 3.05) is 12.4 Å². The molecule has 1 N–H and O–H groups in total. The van der Waals surface area contributed by atoms with Crippen molar-refractivity contribution in [1.82, 2.24) is 15.0 Å². The van der Waals surface area contributed by atoms with Crippen LogP contribution in [0.15, 0.2) is 30.5 Å². The Balaban J connectivity index is 1.45. The normalized spacial score (nSPS) is 14.4. The molecule has 2 aromatic rings. The number of hydrogen-bond donors (Lipinski definition) is 1. The first-order valence-electron chi connectivity index (χ1n) is 11.0. The summed E-state index contributed by atoms with van der Waals surface area (Å²) in [4.78, 5) is 23.3. The lowest BCUT2D eigenvalue weighted by Gasteiger charge is -2.20.